The quantitative estimate of drug-likeness (QED) is 0.433. The van der Waals surface area contributed by atoms with Crippen LogP contribution in [0.25, 0.3) is 0 Å². The molecule has 0 saturated carbocycles. The molecule has 0 spiro atoms. The maximum atomic E-state index is 13.1. The van der Waals surface area contributed by atoms with Crippen LogP contribution in [0.1, 0.15) is 17.5 Å². The highest BCUT2D eigenvalue weighted by Gasteiger charge is 2.33. The molecule has 26 heavy (non-hydrogen) atoms. The molecule has 1 aliphatic rings. The van der Waals surface area contributed by atoms with Crippen molar-refractivity contribution in [1.29, 1.82) is 0 Å². The maximum Gasteiger partial charge on any atom is 0.416 e. The van der Waals surface area contributed by atoms with E-state index in [0.717, 1.165) is 45.3 Å². The van der Waals surface area contributed by atoms with Gasteiger partial charge >= 0.3 is 6.18 Å². The summed E-state index contributed by atoms with van der Waals surface area (Å²) in [6, 6.07) is 3.81. The molecule has 6 nitrogen and oxygen atoms in total. The van der Waals surface area contributed by atoms with Crippen LogP contribution in [0, 0.1) is 0 Å². The van der Waals surface area contributed by atoms with Crippen molar-refractivity contribution < 1.29 is 22.6 Å². The topological polar surface area (TPSA) is 72.1 Å². The van der Waals surface area contributed by atoms with E-state index in [1.54, 1.807) is 0 Å². The molecule has 1 aliphatic heterocycles. The summed E-state index contributed by atoms with van der Waals surface area (Å²) in [4.78, 5) is 6.31. The normalized spacial score (nSPS) is 16.5. The van der Waals surface area contributed by atoms with Gasteiger partial charge in [0.25, 0.3) is 0 Å². The molecule has 1 aromatic rings. The fourth-order valence-corrected chi connectivity index (χ4v) is 2.65. The zero-order valence-electron chi connectivity index (χ0n) is 14.8. The Morgan fingerprint density at radius 1 is 1.35 bits per heavy atom. The van der Waals surface area contributed by atoms with E-state index in [2.05, 4.69) is 15.2 Å². The lowest BCUT2D eigenvalue weighted by Gasteiger charge is -2.26. The van der Waals surface area contributed by atoms with Gasteiger partial charge in [0, 0.05) is 19.6 Å². The summed E-state index contributed by atoms with van der Waals surface area (Å²) in [5, 5.41) is 2.94. The summed E-state index contributed by atoms with van der Waals surface area (Å²) in [5.41, 5.74) is 5.04. The van der Waals surface area contributed by atoms with Gasteiger partial charge in [0.15, 0.2) is 5.96 Å². The lowest BCUT2D eigenvalue weighted by Crippen LogP contribution is -2.39. The van der Waals surface area contributed by atoms with E-state index in [-0.39, 0.29) is 23.8 Å². The minimum Gasteiger partial charge on any atom is -0.497 e. The van der Waals surface area contributed by atoms with Crippen LogP contribution in [0.5, 0.6) is 5.75 Å². The molecule has 0 amide bonds. The van der Waals surface area contributed by atoms with E-state index < -0.39 is 11.7 Å². The second-order valence-corrected chi connectivity index (χ2v) is 5.96. The second-order valence-electron chi connectivity index (χ2n) is 5.96. The van der Waals surface area contributed by atoms with Crippen molar-refractivity contribution >= 4 is 5.96 Å². The Bertz CT molecular complexity index is 602. The molecule has 0 unspecified atom stereocenters. The number of hydrogen-bond acceptors (Lipinski definition) is 4. The SMILES string of the molecule is COc1ccc(CN=C(N)NCCCN2CCOCC2)c(C(F)(F)F)c1. The predicted molar refractivity (Wildman–Crippen MR) is 93.2 cm³/mol. The number of morpholine rings is 1. The Morgan fingerprint density at radius 2 is 2.08 bits per heavy atom. The first-order valence-electron chi connectivity index (χ1n) is 8.48. The number of methoxy groups -OCH3 is 1. The standard InChI is InChI=1S/C17H25F3N4O2/c1-25-14-4-3-13(15(11-14)17(18,19)20)12-23-16(21)22-5-2-6-24-7-9-26-10-8-24/h3-4,11H,2,5-10,12H2,1H3,(H3,21,22,23). The molecule has 0 aromatic heterocycles. The number of benzene rings is 1. The molecule has 1 fully saturated rings. The van der Waals surface area contributed by atoms with Crippen molar-refractivity contribution in [2.45, 2.75) is 19.1 Å². The van der Waals surface area contributed by atoms with Gasteiger partial charge in [-0.05, 0) is 30.7 Å². The molecule has 146 valence electrons. The van der Waals surface area contributed by atoms with Crippen LogP contribution in [-0.2, 0) is 17.5 Å². The highest BCUT2D eigenvalue weighted by molar-refractivity contribution is 5.77. The van der Waals surface area contributed by atoms with Crippen LogP contribution in [0.2, 0.25) is 0 Å². The summed E-state index contributed by atoms with van der Waals surface area (Å²) in [6.45, 7) is 4.71. The fourth-order valence-electron chi connectivity index (χ4n) is 2.65. The summed E-state index contributed by atoms with van der Waals surface area (Å²) < 4.78 is 49.6. The third-order valence-electron chi connectivity index (χ3n) is 4.10. The van der Waals surface area contributed by atoms with Crippen molar-refractivity contribution in [3.8, 4) is 5.75 Å². The molecular formula is C17H25F3N4O2. The van der Waals surface area contributed by atoms with Crippen LogP contribution in [0.3, 0.4) is 0 Å². The number of ether oxygens (including phenoxy) is 2. The van der Waals surface area contributed by atoms with Gasteiger partial charge in [0.1, 0.15) is 5.75 Å². The number of halogens is 3. The number of alkyl halides is 3. The Balaban J connectivity index is 1.84. The summed E-state index contributed by atoms with van der Waals surface area (Å²) in [7, 11) is 1.33. The second kappa shape index (κ2) is 9.63. The lowest BCUT2D eigenvalue weighted by molar-refractivity contribution is -0.138. The summed E-state index contributed by atoms with van der Waals surface area (Å²) >= 11 is 0. The van der Waals surface area contributed by atoms with E-state index in [0.29, 0.717) is 6.54 Å². The van der Waals surface area contributed by atoms with Crippen LogP contribution in [-0.4, -0.2) is 57.4 Å². The molecule has 2 rings (SSSR count). The highest BCUT2D eigenvalue weighted by Crippen LogP contribution is 2.34. The number of nitrogens with one attached hydrogen (secondary N) is 1. The zero-order chi connectivity index (χ0) is 19.0. The Kier molecular flexibility index (Phi) is 7.52. The van der Waals surface area contributed by atoms with E-state index in [9.17, 15) is 13.2 Å². The summed E-state index contributed by atoms with van der Waals surface area (Å²) in [6.07, 6.45) is -3.60. The van der Waals surface area contributed by atoms with Gasteiger partial charge in [-0.3, -0.25) is 4.90 Å². The monoisotopic (exact) mass is 374 g/mol. The van der Waals surface area contributed by atoms with Gasteiger partial charge in [-0.25, -0.2) is 4.99 Å². The molecule has 0 bridgehead atoms. The molecule has 0 aliphatic carbocycles. The van der Waals surface area contributed by atoms with E-state index in [4.69, 9.17) is 15.2 Å². The first-order chi connectivity index (χ1) is 12.4. The zero-order valence-corrected chi connectivity index (χ0v) is 14.8. The van der Waals surface area contributed by atoms with Gasteiger partial charge in [-0.15, -0.1) is 0 Å². The molecule has 1 heterocycles. The average Bonchev–Trinajstić information content (AvgIpc) is 2.63. The van der Waals surface area contributed by atoms with Crippen LogP contribution in [0.15, 0.2) is 23.2 Å². The van der Waals surface area contributed by atoms with E-state index in [1.807, 2.05) is 0 Å². The Morgan fingerprint density at radius 3 is 2.73 bits per heavy atom. The maximum absolute atomic E-state index is 13.1. The van der Waals surface area contributed by atoms with Gasteiger partial charge in [-0.1, -0.05) is 6.07 Å². The lowest BCUT2D eigenvalue weighted by atomic mass is 10.1. The minimum absolute atomic E-state index is 0.0522. The van der Waals surface area contributed by atoms with Gasteiger partial charge in [0.05, 0.1) is 32.4 Å². The minimum atomic E-state index is -4.47. The van der Waals surface area contributed by atoms with Crippen molar-refractivity contribution in [3.63, 3.8) is 0 Å². The van der Waals surface area contributed by atoms with Crippen LogP contribution in [0.4, 0.5) is 13.2 Å². The molecular weight excluding hydrogens is 349 g/mol. The highest BCUT2D eigenvalue weighted by atomic mass is 19.4. The predicted octanol–water partition coefficient (Wildman–Crippen LogP) is 1.84. The Hall–Kier alpha value is -2.00. The Labute approximate surface area is 151 Å². The molecule has 1 saturated heterocycles. The van der Waals surface area contributed by atoms with Crippen molar-refractivity contribution in [2.24, 2.45) is 10.7 Å². The molecule has 0 atom stereocenters. The third-order valence-corrected chi connectivity index (χ3v) is 4.10. The molecule has 0 radical (unpaired) electrons. The van der Waals surface area contributed by atoms with Gasteiger partial charge in [0.2, 0.25) is 0 Å². The van der Waals surface area contributed by atoms with E-state index >= 15 is 0 Å². The van der Waals surface area contributed by atoms with E-state index in [1.165, 1.54) is 19.2 Å². The first-order valence-corrected chi connectivity index (χ1v) is 8.48. The number of nitrogens with zero attached hydrogens (tertiary/aromatic N) is 2. The average molecular weight is 374 g/mol. The summed E-state index contributed by atoms with van der Waals surface area (Å²) in [5.74, 6) is 0.287. The number of nitrogens with two attached hydrogens (primary N) is 1. The number of guanidine groups is 1. The number of rotatable bonds is 7. The first kappa shape index (κ1) is 20.3. The number of aliphatic imine (C=N–C) groups is 1. The fraction of sp³-hybridized carbons (Fsp3) is 0.588. The largest absolute Gasteiger partial charge is 0.497 e. The molecule has 9 heteroatoms. The smallest absolute Gasteiger partial charge is 0.416 e. The van der Waals surface area contributed by atoms with Crippen molar-refractivity contribution in [1.82, 2.24) is 10.2 Å². The van der Waals surface area contributed by atoms with Crippen LogP contribution < -0.4 is 15.8 Å². The third kappa shape index (κ3) is 6.38. The van der Waals surface area contributed by atoms with Gasteiger partial charge in [-0.2, -0.15) is 13.2 Å². The molecule has 1 aromatic carbocycles. The van der Waals surface area contributed by atoms with Gasteiger partial charge < -0.3 is 20.5 Å². The molecule has 3 N–H and O–H groups in total. The number of hydrogen-bond donors (Lipinski definition) is 2. The van der Waals surface area contributed by atoms with Crippen molar-refractivity contribution in [2.75, 3.05) is 46.5 Å². The van der Waals surface area contributed by atoms with Crippen molar-refractivity contribution in [3.05, 3.63) is 29.3 Å². The van der Waals surface area contributed by atoms with Crippen LogP contribution >= 0.6 is 0 Å².